The van der Waals surface area contributed by atoms with Crippen LogP contribution in [-0.4, -0.2) is 34.2 Å². The third-order valence-corrected chi connectivity index (χ3v) is 11.9. The fourth-order valence-electron chi connectivity index (χ4n) is 4.98. The van der Waals surface area contributed by atoms with Gasteiger partial charge in [0.25, 0.3) is 8.32 Å². The lowest BCUT2D eigenvalue weighted by Gasteiger charge is -2.43. The summed E-state index contributed by atoms with van der Waals surface area (Å²) < 4.78 is 24.4. The Morgan fingerprint density at radius 1 is 0.861 bits per heavy atom. The molecule has 1 aliphatic heterocycles. The van der Waals surface area contributed by atoms with Gasteiger partial charge in [-0.2, -0.15) is 0 Å². The Kier molecular flexibility index (Phi) is 8.67. The van der Waals surface area contributed by atoms with Crippen LogP contribution in [0.3, 0.4) is 0 Å². The van der Waals surface area contributed by atoms with E-state index in [2.05, 4.69) is 81.4 Å². The van der Waals surface area contributed by atoms with Gasteiger partial charge in [-0.25, -0.2) is 0 Å². The predicted octanol–water partition coefficient (Wildman–Crippen LogP) is 5.85. The number of hydrogen-bond acceptors (Lipinski definition) is 4. The first-order chi connectivity index (χ1) is 17.4. The van der Waals surface area contributed by atoms with Crippen molar-refractivity contribution in [3.8, 4) is 5.75 Å². The Balaban J connectivity index is 1.41. The van der Waals surface area contributed by atoms with Crippen LogP contribution in [0.1, 0.15) is 39.2 Å². The van der Waals surface area contributed by atoms with Crippen LogP contribution in [0, 0.1) is 0 Å². The molecule has 2 atom stereocenters. The fraction of sp³-hybridized carbons (Fsp3) is 0.355. The van der Waals surface area contributed by atoms with Crippen molar-refractivity contribution >= 4 is 18.7 Å². The highest BCUT2D eigenvalue weighted by Gasteiger charge is 2.50. The highest BCUT2D eigenvalue weighted by Crippen LogP contribution is 2.37. The summed E-state index contributed by atoms with van der Waals surface area (Å²) in [6.07, 6.45) is 5.51. The highest BCUT2D eigenvalue weighted by atomic mass is 28.4. The van der Waals surface area contributed by atoms with Crippen molar-refractivity contribution in [1.29, 1.82) is 0 Å². The van der Waals surface area contributed by atoms with Crippen molar-refractivity contribution in [2.24, 2.45) is 0 Å². The molecule has 0 amide bonds. The zero-order valence-electron chi connectivity index (χ0n) is 21.9. The maximum Gasteiger partial charge on any atom is 0.261 e. The largest absolute Gasteiger partial charge is 0.498 e. The summed E-state index contributed by atoms with van der Waals surface area (Å²) in [5.41, 5.74) is 1.13. The fourth-order valence-corrected chi connectivity index (χ4v) is 9.56. The molecule has 3 aromatic carbocycles. The maximum absolute atomic E-state index is 7.04. The number of benzene rings is 3. The molecule has 4 rings (SSSR count). The molecule has 0 bridgehead atoms. The Labute approximate surface area is 217 Å². The Morgan fingerprint density at radius 2 is 1.47 bits per heavy atom. The average Bonchev–Trinajstić information content (AvgIpc) is 2.91. The second kappa shape index (κ2) is 11.9. The molecule has 4 nitrogen and oxygen atoms in total. The van der Waals surface area contributed by atoms with Crippen LogP contribution in [0.5, 0.6) is 5.75 Å². The van der Waals surface area contributed by atoms with Crippen molar-refractivity contribution in [3.05, 3.63) is 103 Å². The lowest BCUT2D eigenvalue weighted by Crippen LogP contribution is -2.66. The summed E-state index contributed by atoms with van der Waals surface area (Å²) in [6, 6.07) is 29.5. The molecule has 0 aromatic heterocycles. The van der Waals surface area contributed by atoms with Gasteiger partial charge in [0.15, 0.2) is 0 Å². The molecule has 1 heterocycles. The van der Waals surface area contributed by atoms with E-state index in [0.717, 1.165) is 24.2 Å². The zero-order valence-corrected chi connectivity index (χ0v) is 22.9. The SMILES string of the molecule is COc1ccc(CO[C@H]2C=CO[C@H](CCO[Si](c3ccccc3)(c3ccccc3)C(C)(C)C)C2)cc1. The standard InChI is InChI=1S/C31H38O4Si/c1-31(2,3)36(29-11-7-5-8-12-29,30-13-9-6-10-14-30)35-22-20-27-23-28(19-21-33-27)34-24-25-15-17-26(32-4)18-16-25/h5-19,21,27-28H,20,22-24H2,1-4H3/t27-,28+/m1/s1. The molecule has 0 radical (unpaired) electrons. The molecule has 0 saturated carbocycles. The second-order valence-corrected chi connectivity index (χ2v) is 14.6. The summed E-state index contributed by atoms with van der Waals surface area (Å²) in [6.45, 7) is 8.12. The Morgan fingerprint density at radius 3 is 2.03 bits per heavy atom. The first kappa shape index (κ1) is 26.2. The smallest absolute Gasteiger partial charge is 0.261 e. The molecule has 0 spiro atoms. The molecule has 0 unspecified atom stereocenters. The topological polar surface area (TPSA) is 36.9 Å². The molecule has 190 valence electrons. The number of hydrogen-bond donors (Lipinski definition) is 0. The van der Waals surface area contributed by atoms with Crippen molar-refractivity contribution in [2.75, 3.05) is 13.7 Å². The minimum absolute atomic E-state index is 0.0266. The zero-order chi connectivity index (χ0) is 25.4. The highest BCUT2D eigenvalue weighted by molar-refractivity contribution is 6.99. The van der Waals surface area contributed by atoms with Crippen LogP contribution in [0.15, 0.2) is 97.3 Å². The van der Waals surface area contributed by atoms with Gasteiger partial charge >= 0.3 is 0 Å². The van der Waals surface area contributed by atoms with E-state index in [1.165, 1.54) is 10.4 Å². The summed E-state index contributed by atoms with van der Waals surface area (Å²) in [7, 11) is -0.857. The monoisotopic (exact) mass is 502 g/mol. The quantitative estimate of drug-likeness (QED) is 0.326. The third kappa shape index (κ3) is 6.09. The van der Waals surface area contributed by atoms with Gasteiger partial charge in [-0.1, -0.05) is 93.6 Å². The van der Waals surface area contributed by atoms with Gasteiger partial charge < -0.3 is 18.6 Å². The van der Waals surface area contributed by atoms with Crippen molar-refractivity contribution in [3.63, 3.8) is 0 Å². The van der Waals surface area contributed by atoms with Gasteiger partial charge in [-0.15, -0.1) is 0 Å². The minimum atomic E-state index is -2.53. The van der Waals surface area contributed by atoms with Crippen molar-refractivity contribution in [2.45, 2.75) is 57.5 Å². The van der Waals surface area contributed by atoms with Crippen LogP contribution in [0.2, 0.25) is 5.04 Å². The molecule has 0 aliphatic carbocycles. The van der Waals surface area contributed by atoms with Gasteiger partial charge in [-0.05, 0) is 39.2 Å². The van der Waals surface area contributed by atoms with E-state index in [1.54, 1.807) is 13.4 Å². The molecule has 0 saturated heterocycles. The number of methoxy groups -OCH3 is 1. The molecule has 3 aromatic rings. The van der Waals surface area contributed by atoms with E-state index in [-0.39, 0.29) is 17.2 Å². The predicted molar refractivity (Wildman–Crippen MR) is 148 cm³/mol. The van der Waals surface area contributed by atoms with Crippen LogP contribution in [0.25, 0.3) is 0 Å². The van der Waals surface area contributed by atoms with Gasteiger partial charge in [0.1, 0.15) is 11.9 Å². The van der Waals surface area contributed by atoms with Crippen LogP contribution in [-0.2, 0) is 20.5 Å². The lowest BCUT2D eigenvalue weighted by atomic mass is 10.1. The first-order valence-corrected chi connectivity index (χ1v) is 14.6. The van der Waals surface area contributed by atoms with E-state index >= 15 is 0 Å². The molecule has 0 N–H and O–H groups in total. The van der Waals surface area contributed by atoms with E-state index in [1.807, 2.05) is 30.3 Å². The van der Waals surface area contributed by atoms with Gasteiger partial charge in [0.05, 0.1) is 26.1 Å². The second-order valence-electron chi connectivity index (χ2n) is 10.3. The molecule has 1 aliphatic rings. The van der Waals surface area contributed by atoms with E-state index in [9.17, 15) is 0 Å². The van der Waals surface area contributed by atoms with E-state index < -0.39 is 8.32 Å². The van der Waals surface area contributed by atoms with Crippen LogP contribution < -0.4 is 15.1 Å². The lowest BCUT2D eigenvalue weighted by molar-refractivity contribution is 0.000944. The van der Waals surface area contributed by atoms with Gasteiger partial charge in [0, 0.05) is 19.4 Å². The normalized spacial score (nSPS) is 18.0. The number of ether oxygens (including phenoxy) is 3. The summed E-state index contributed by atoms with van der Waals surface area (Å²) in [5, 5.41) is 2.57. The Hall–Kier alpha value is -2.86. The molecule has 36 heavy (non-hydrogen) atoms. The van der Waals surface area contributed by atoms with E-state index in [4.69, 9.17) is 18.6 Å². The van der Waals surface area contributed by atoms with Gasteiger partial charge in [-0.3, -0.25) is 0 Å². The van der Waals surface area contributed by atoms with Gasteiger partial charge in [0.2, 0.25) is 0 Å². The first-order valence-electron chi connectivity index (χ1n) is 12.7. The molecule has 5 heteroatoms. The molecular weight excluding hydrogens is 464 g/mol. The van der Waals surface area contributed by atoms with Crippen molar-refractivity contribution < 1.29 is 18.6 Å². The minimum Gasteiger partial charge on any atom is -0.498 e. The van der Waals surface area contributed by atoms with Crippen molar-refractivity contribution in [1.82, 2.24) is 0 Å². The summed E-state index contributed by atoms with van der Waals surface area (Å²) in [5.74, 6) is 0.852. The number of rotatable bonds is 10. The maximum atomic E-state index is 7.04. The summed E-state index contributed by atoms with van der Waals surface area (Å²) in [4.78, 5) is 0. The Bertz CT molecular complexity index is 1050. The average molecular weight is 503 g/mol. The van der Waals surface area contributed by atoms with Crippen LogP contribution >= 0.6 is 0 Å². The van der Waals surface area contributed by atoms with Crippen LogP contribution in [0.4, 0.5) is 0 Å². The molecular formula is C31H38O4Si. The molecule has 0 fully saturated rings. The third-order valence-electron chi connectivity index (χ3n) is 6.86. The summed E-state index contributed by atoms with van der Waals surface area (Å²) >= 11 is 0. The van der Waals surface area contributed by atoms with E-state index in [0.29, 0.717) is 13.2 Å².